The van der Waals surface area contributed by atoms with Crippen LogP contribution in [0.3, 0.4) is 0 Å². The van der Waals surface area contributed by atoms with Crippen LogP contribution in [-0.4, -0.2) is 43.2 Å². The molecule has 5 aliphatic rings. The van der Waals surface area contributed by atoms with E-state index in [4.69, 9.17) is 0 Å². The lowest BCUT2D eigenvalue weighted by atomic mass is 9.92. The molecule has 0 spiro atoms. The first-order chi connectivity index (χ1) is 23.9. The number of allylic oxidation sites excluding steroid dienone is 15. The quantitative estimate of drug-likeness (QED) is 0.152. The van der Waals surface area contributed by atoms with Crippen LogP contribution in [0.1, 0.15) is 90.4 Å². The maximum absolute atomic E-state index is 4.25. The molecule has 4 saturated carbocycles. The summed E-state index contributed by atoms with van der Waals surface area (Å²) in [5.74, 6) is 6.79. The highest BCUT2D eigenvalue weighted by Crippen LogP contribution is 2.44. The average molecular weight is 663 g/mol. The molecule has 5 rings (SSSR count). The van der Waals surface area contributed by atoms with E-state index in [0.29, 0.717) is 59.3 Å². The molecule has 0 bridgehead atoms. The molecular formula is C47H70N2. The van der Waals surface area contributed by atoms with Crippen LogP contribution in [-0.2, 0) is 0 Å². The van der Waals surface area contributed by atoms with Crippen molar-refractivity contribution < 1.29 is 0 Å². The Bertz CT molecular complexity index is 1220. The van der Waals surface area contributed by atoms with Crippen molar-refractivity contribution in [1.82, 2.24) is 9.80 Å². The predicted molar refractivity (Wildman–Crippen MR) is 214 cm³/mol. The number of nitrogens with zero attached hydrogens (tertiary/aromatic N) is 2. The molecule has 0 aromatic carbocycles. The number of hydrogen-bond donors (Lipinski definition) is 0. The largest absolute Gasteiger partial charge is 0.292 e. The first-order valence-electron chi connectivity index (χ1n) is 20.2. The topological polar surface area (TPSA) is 6.48 Å². The molecular weight excluding hydrogens is 593 g/mol. The second-order valence-corrected chi connectivity index (χ2v) is 16.6. The Morgan fingerprint density at radius 2 is 1.08 bits per heavy atom. The average Bonchev–Trinajstić information content (AvgIpc) is 3.93. The molecule has 5 fully saturated rings. The first kappa shape index (κ1) is 37.8. The maximum atomic E-state index is 4.25. The van der Waals surface area contributed by atoms with Crippen molar-refractivity contribution in [2.24, 2.45) is 59.2 Å². The number of likely N-dealkylation sites (N-methyl/N-ethyl adjacent to an activating group) is 2. The summed E-state index contributed by atoms with van der Waals surface area (Å²) in [5, 5.41) is 0. The maximum Gasteiger partial charge on any atom is 0.0504 e. The minimum Gasteiger partial charge on any atom is -0.292 e. The molecule has 10 atom stereocenters. The third kappa shape index (κ3) is 11.5. The fourth-order valence-electron chi connectivity index (χ4n) is 9.94. The highest BCUT2D eigenvalue weighted by Gasteiger charge is 2.34. The first-order valence-corrected chi connectivity index (χ1v) is 20.2. The zero-order chi connectivity index (χ0) is 34.4. The molecule has 0 aromatic heterocycles. The smallest absolute Gasteiger partial charge is 0.0504 e. The summed E-state index contributed by atoms with van der Waals surface area (Å²) < 4.78 is 0. The predicted octanol–water partition coefficient (Wildman–Crippen LogP) is 11.8. The van der Waals surface area contributed by atoms with Gasteiger partial charge in [-0.2, -0.15) is 0 Å². The van der Waals surface area contributed by atoms with Gasteiger partial charge in [-0.1, -0.05) is 110 Å². The minimum absolute atomic E-state index is 0.632. The van der Waals surface area contributed by atoms with E-state index in [-0.39, 0.29) is 0 Å². The van der Waals surface area contributed by atoms with Crippen molar-refractivity contribution in [3.63, 3.8) is 0 Å². The van der Waals surface area contributed by atoms with Gasteiger partial charge in [0.1, 0.15) is 0 Å². The highest BCUT2D eigenvalue weighted by molar-refractivity contribution is 5.15. The summed E-state index contributed by atoms with van der Waals surface area (Å²) >= 11 is 0. The van der Waals surface area contributed by atoms with Crippen LogP contribution < -0.4 is 0 Å². The van der Waals surface area contributed by atoms with Crippen molar-refractivity contribution in [2.75, 3.05) is 27.3 Å². The van der Waals surface area contributed by atoms with Gasteiger partial charge in [0.2, 0.25) is 0 Å². The summed E-state index contributed by atoms with van der Waals surface area (Å²) in [6.07, 6.45) is 55.7. The molecule has 2 nitrogen and oxygen atoms in total. The van der Waals surface area contributed by atoms with Gasteiger partial charge in [0.15, 0.2) is 0 Å². The third-order valence-corrected chi connectivity index (χ3v) is 12.7. The van der Waals surface area contributed by atoms with Gasteiger partial charge in [-0.15, -0.1) is 13.2 Å². The van der Waals surface area contributed by atoms with Gasteiger partial charge in [-0.3, -0.25) is 9.80 Å². The molecule has 4 aliphatic carbocycles. The summed E-state index contributed by atoms with van der Waals surface area (Å²) in [7, 11) is 4.53. The lowest BCUT2D eigenvalue weighted by molar-refractivity contribution is 0.286. The van der Waals surface area contributed by atoms with Crippen molar-refractivity contribution in [1.29, 1.82) is 0 Å². The molecule has 1 heterocycles. The molecule has 268 valence electrons. The van der Waals surface area contributed by atoms with Gasteiger partial charge < -0.3 is 0 Å². The van der Waals surface area contributed by atoms with Crippen LogP contribution in [0.25, 0.3) is 0 Å². The zero-order valence-corrected chi connectivity index (χ0v) is 31.5. The Kier molecular flexibility index (Phi) is 15.3. The SMILES string of the molecule is C=CC/C=C/C/C=C/C1CC(/C=C/C)C(/C=C/C2CC(/C=C/CC3CN(C)CN3C)C(/C=C/C3CC(C=C)C(/C=C/C4CCCC4)C3)C2)C1. The van der Waals surface area contributed by atoms with Gasteiger partial charge in [0.25, 0.3) is 0 Å². The van der Waals surface area contributed by atoms with Gasteiger partial charge >= 0.3 is 0 Å². The molecule has 1 aliphatic heterocycles. The Labute approximate surface area is 302 Å². The lowest BCUT2D eigenvalue weighted by Crippen LogP contribution is -2.25. The lowest BCUT2D eigenvalue weighted by Gasteiger charge is -2.17. The Morgan fingerprint density at radius 1 is 0.551 bits per heavy atom. The van der Waals surface area contributed by atoms with E-state index in [1.165, 1.54) is 77.2 Å². The molecule has 10 unspecified atom stereocenters. The summed E-state index contributed by atoms with van der Waals surface area (Å²) in [4.78, 5) is 4.96. The molecule has 0 aromatic rings. The van der Waals surface area contributed by atoms with Crippen molar-refractivity contribution >= 4 is 0 Å². The monoisotopic (exact) mass is 663 g/mol. The summed E-state index contributed by atoms with van der Waals surface area (Å²) in [6.45, 7) is 12.5. The standard InChI is InChI=1S/C47H70N2/c1-6-9-10-11-12-13-20-38-30-42(17-7-2)45(31-38)27-25-40-32-43(21-16-22-47-35-48(4)36-49(47)5)46(34-40)28-24-39-29-41(8-3)44(33-39)26-23-37-18-14-15-19-37/h6-8,10-11,13,16-17,20-21,23-28,37-47H,1,3,9,12,14-15,18-19,22,29-36H2,2,4-5H3/b11-10+,17-7+,20-13+,21-16+,26-23+,27-25+,28-24+. The third-order valence-electron chi connectivity index (χ3n) is 12.7. The van der Waals surface area contributed by atoms with Crippen LogP contribution in [0.5, 0.6) is 0 Å². The summed E-state index contributed by atoms with van der Waals surface area (Å²) in [6, 6.07) is 0.645. The van der Waals surface area contributed by atoms with Gasteiger partial charge in [-0.05, 0) is 151 Å². The second-order valence-electron chi connectivity index (χ2n) is 16.6. The molecule has 1 saturated heterocycles. The minimum atomic E-state index is 0.632. The fraction of sp³-hybridized carbons (Fsp3) is 0.617. The Morgan fingerprint density at radius 3 is 1.65 bits per heavy atom. The van der Waals surface area contributed by atoms with Crippen molar-refractivity contribution in [3.8, 4) is 0 Å². The second kappa shape index (κ2) is 19.8. The van der Waals surface area contributed by atoms with Crippen molar-refractivity contribution in [2.45, 2.75) is 96.4 Å². The van der Waals surface area contributed by atoms with E-state index in [9.17, 15) is 0 Å². The molecule has 0 amide bonds. The normalized spacial score (nSPS) is 37.1. The van der Waals surface area contributed by atoms with E-state index >= 15 is 0 Å². The van der Waals surface area contributed by atoms with Crippen LogP contribution in [0.4, 0.5) is 0 Å². The van der Waals surface area contributed by atoms with Crippen LogP contribution >= 0.6 is 0 Å². The fourth-order valence-corrected chi connectivity index (χ4v) is 9.94. The van der Waals surface area contributed by atoms with Gasteiger partial charge in [0.05, 0.1) is 6.67 Å². The van der Waals surface area contributed by atoms with E-state index in [1.54, 1.807) is 0 Å². The van der Waals surface area contributed by atoms with Crippen LogP contribution in [0, 0.1) is 59.2 Å². The van der Waals surface area contributed by atoms with Crippen LogP contribution in [0.15, 0.2) is 110 Å². The van der Waals surface area contributed by atoms with Crippen molar-refractivity contribution in [3.05, 3.63) is 110 Å². The van der Waals surface area contributed by atoms with E-state index in [0.717, 1.165) is 25.4 Å². The molecule has 0 N–H and O–H groups in total. The van der Waals surface area contributed by atoms with Gasteiger partial charge in [0, 0.05) is 12.6 Å². The molecule has 49 heavy (non-hydrogen) atoms. The van der Waals surface area contributed by atoms with Gasteiger partial charge in [-0.25, -0.2) is 0 Å². The Balaban J connectivity index is 1.21. The molecule has 2 heteroatoms. The van der Waals surface area contributed by atoms with E-state index < -0.39 is 0 Å². The summed E-state index contributed by atoms with van der Waals surface area (Å²) in [5.41, 5.74) is 0. The Hall–Kier alpha value is -2.42. The van der Waals surface area contributed by atoms with E-state index in [1.807, 2.05) is 6.08 Å². The zero-order valence-electron chi connectivity index (χ0n) is 31.5. The number of hydrogen-bond acceptors (Lipinski definition) is 2. The van der Waals surface area contributed by atoms with E-state index in [2.05, 4.69) is 135 Å². The number of rotatable bonds is 16. The highest BCUT2D eigenvalue weighted by atomic mass is 15.4. The van der Waals surface area contributed by atoms with Crippen LogP contribution in [0.2, 0.25) is 0 Å². The molecule has 0 radical (unpaired) electrons.